The monoisotopic (exact) mass is 237 g/mol. The lowest BCUT2D eigenvalue weighted by Crippen LogP contribution is -2.39. The first-order valence-electron chi connectivity index (χ1n) is 6.07. The fraction of sp³-hybridized carbons (Fsp3) is 0.615. The Hall–Kier alpha value is -1.29. The fourth-order valence-corrected chi connectivity index (χ4v) is 2.29. The van der Waals surface area contributed by atoms with Crippen molar-refractivity contribution in [3.63, 3.8) is 0 Å². The van der Waals surface area contributed by atoms with Crippen molar-refractivity contribution in [1.29, 1.82) is 0 Å². The molecule has 1 fully saturated rings. The van der Waals surface area contributed by atoms with Crippen LogP contribution >= 0.6 is 0 Å². The molecule has 1 N–H and O–H groups in total. The molecule has 1 heterocycles. The van der Waals surface area contributed by atoms with Gasteiger partial charge in [0.2, 0.25) is 0 Å². The van der Waals surface area contributed by atoms with Gasteiger partial charge in [-0.3, -0.25) is 4.79 Å². The minimum absolute atomic E-state index is 0.0273. The number of rotatable bonds is 4. The van der Waals surface area contributed by atoms with Gasteiger partial charge in [-0.25, -0.2) is 0 Å². The van der Waals surface area contributed by atoms with E-state index in [0.717, 1.165) is 12.8 Å². The van der Waals surface area contributed by atoms with E-state index in [9.17, 15) is 4.79 Å². The zero-order valence-corrected chi connectivity index (χ0v) is 10.1. The van der Waals surface area contributed by atoms with E-state index in [0.29, 0.717) is 25.7 Å². The summed E-state index contributed by atoms with van der Waals surface area (Å²) in [4.78, 5) is 11.8. The van der Waals surface area contributed by atoms with E-state index in [1.165, 1.54) is 5.70 Å². The van der Waals surface area contributed by atoms with E-state index in [4.69, 9.17) is 9.47 Å². The molecule has 1 aliphatic carbocycles. The Morgan fingerprint density at radius 3 is 3.24 bits per heavy atom. The molecule has 0 spiro atoms. The summed E-state index contributed by atoms with van der Waals surface area (Å²) in [6.45, 7) is 1.49. The molecule has 1 saturated heterocycles. The van der Waals surface area contributed by atoms with Gasteiger partial charge < -0.3 is 14.8 Å². The van der Waals surface area contributed by atoms with Crippen molar-refractivity contribution in [3.05, 3.63) is 23.9 Å². The molecule has 0 radical (unpaired) electrons. The average Bonchev–Trinajstić information content (AvgIpc) is 2.38. The maximum atomic E-state index is 11.8. The zero-order chi connectivity index (χ0) is 12.1. The van der Waals surface area contributed by atoms with Crippen LogP contribution in [0.2, 0.25) is 0 Å². The quantitative estimate of drug-likeness (QED) is 0.590. The van der Waals surface area contributed by atoms with Crippen LogP contribution in [0.3, 0.4) is 0 Å². The van der Waals surface area contributed by atoms with Crippen molar-refractivity contribution in [1.82, 2.24) is 5.32 Å². The molecule has 1 aliphatic heterocycles. The van der Waals surface area contributed by atoms with E-state index < -0.39 is 0 Å². The van der Waals surface area contributed by atoms with Crippen LogP contribution < -0.4 is 5.32 Å². The first-order valence-corrected chi connectivity index (χ1v) is 6.07. The van der Waals surface area contributed by atoms with Crippen molar-refractivity contribution < 1.29 is 14.3 Å². The molecule has 0 aromatic heterocycles. The number of fused-ring (bicyclic) bond motifs is 1. The molecule has 17 heavy (non-hydrogen) atoms. The lowest BCUT2D eigenvalue weighted by molar-refractivity contribution is -0.150. The standard InChI is InChI=1S/C13H19NO3/c1-16-6-7-17-13(15)11-8-10-4-2-3-5-12(10)14-9-11/h2-3,5,10-11,14H,4,6-9H2,1H3. The van der Waals surface area contributed by atoms with E-state index in [1.807, 2.05) is 0 Å². The van der Waals surface area contributed by atoms with Gasteiger partial charge in [0.15, 0.2) is 0 Å². The third kappa shape index (κ3) is 3.09. The third-order valence-corrected chi connectivity index (χ3v) is 3.26. The molecule has 2 rings (SSSR count). The van der Waals surface area contributed by atoms with Gasteiger partial charge in [-0.1, -0.05) is 12.2 Å². The van der Waals surface area contributed by atoms with Crippen molar-refractivity contribution in [2.75, 3.05) is 26.9 Å². The summed E-state index contributed by atoms with van der Waals surface area (Å²) in [7, 11) is 1.60. The molecule has 0 aromatic rings. The molecule has 0 aromatic carbocycles. The molecule has 94 valence electrons. The minimum atomic E-state index is -0.108. The topological polar surface area (TPSA) is 47.6 Å². The Morgan fingerprint density at radius 2 is 2.41 bits per heavy atom. The Kier molecular flexibility index (Phi) is 4.20. The summed E-state index contributed by atoms with van der Waals surface area (Å²) in [6, 6.07) is 0. The number of carbonyl (C=O) groups excluding carboxylic acids is 1. The first kappa shape index (κ1) is 12.2. The summed E-state index contributed by atoms with van der Waals surface area (Å²) < 4.78 is 10.0. The summed E-state index contributed by atoms with van der Waals surface area (Å²) in [6.07, 6.45) is 8.21. The van der Waals surface area contributed by atoms with Gasteiger partial charge >= 0.3 is 5.97 Å². The second-order valence-corrected chi connectivity index (χ2v) is 4.46. The van der Waals surface area contributed by atoms with Gasteiger partial charge in [0, 0.05) is 25.3 Å². The lowest BCUT2D eigenvalue weighted by atomic mass is 9.83. The number of hydrogen-bond acceptors (Lipinski definition) is 4. The molecular formula is C13H19NO3. The van der Waals surface area contributed by atoms with Crippen LogP contribution in [0.1, 0.15) is 12.8 Å². The predicted octanol–water partition coefficient (Wildman–Crippen LogP) is 1.25. The SMILES string of the molecule is COCCOC(=O)C1CNC2=CC=CCC2C1. The van der Waals surface area contributed by atoms with Crippen LogP contribution in [0, 0.1) is 11.8 Å². The van der Waals surface area contributed by atoms with E-state index in [2.05, 4.69) is 23.5 Å². The van der Waals surface area contributed by atoms with Crippen LogP contribution in [0.4, 0.5) is 0 Å². The van der Waals surface area contributed by atoms with E-state index in [-0.39, 0.29) is 11.9 Å². The van der Waals surface area contributed by atoms with Crippen molar-refractivity contribution >= 4 is 5.97 Å². The average molecular weight is 237 g/mol. The third-order valence-electron chi connectivity index (χ3n) is 3.26. The highest BCUT2D eigenvalue weighted by atomic mass is 16.6. The number of carbonyl (C=O) groups is 1. The van der Waals surface area contributed by atoms with E-state index in [1.54, 1.807) is 7.11 Å². The lowest BCUT2D eigenvalue weighted by Gasteiger charge is -2.32. The maximum Gasteiger partial charge on any atom is 0.310 e. The first-order chi connectivity index (χ1) is 8.31. The largest absolute Gasteiger partial charge is 0.463 e. The van der Waals surface area contributed by atoms with Gasteiger partial charge in [-0.05, 0) is 18.9 Å². The number of piperidine rings is 1. The number of methoxy groups -OCH3 is 1. The van der Waals surface area contributed by atoms with Crippen molar-refractivity contribution in [2.24, 2.45) is 11.8 Å². The molecule has 2 aliphatic rings. The smallest absolute Gasteiger partial charge is 0.310 e. The van der Waals surface area contributed by atoms with Gasteiger partial charge in [0.1, 0.15) is 6.61 Å². The van der Waals surface area contributed by atoms with Gasteiger partial charge in [-0.2, -0.15) is 0 Å². The fourth-order valence-electron chi connectivity index (χ4n) is 2.29. The number of ether oxygens (including phenoxy) is 2. The highest BCUT2D eigenvalue weighted by Crippen LogP contribution is 2.29. The van der Waals surface area contributed by atoms with Crippen LogP contribution in [0.15, 0.2) is 23.9 Å². The molecular weight excluding hydrogens is 218 g/mol. The Labute approximate surface area is 102 Å². The van der Waals surface area contributed by atoms with Gasteiger partial charge in [0.25, 0.3) is 0 Å². The van der Waals surface area contributed by atoms with Crippen LogP contribution in [-0.4, -0.2) is 32.8 Å². The Morgan fingerprint density at radius 1 is 1.53 bits per heavy atom. The molecule has 4 nitrogen and oxygen atoms in total. The summed E-state index contributed by atoms with van der Waals surface area (Å²) in [5, 5.41) is 3.32. The van der Waals surface area contributed by atoms with E-state index >= 15 is 0 Å². The minimum Gasteiger partial charge on any atom is -0.463 e. The Balaban J connectivity index is 1.82. The van der Waals surface area contributed by atoms with Gasteiger partial charge in [0.05, 0.1) is 12.5 Å². The molecule has 0 amide bonds. The normalized spacial score (nSPS) is 26.8. The number of allylic oxidation sites excluding steroid dienone is 4. The summed E-state index contributed by atoms with van der Waals surface area (Å²) in [5.74, 6) is 0.317. The van der Waals surface area contributed by atoms with Crippen molar-refractivity contribution in [3.8, 4) is 0 Å². The van der Waals surface area contributed by atoms with Crippen LogP contribution in [-0.2, 0) is 14.3 Å². The highest BCUT2D eigenvalue weighted by Gasteiger charge is 2.30. The second kappa shape index (κ2) is 5.87. The number of nitrogens with one attached hydrogen (secondary N) is 1. The van der Waals surface area contributed by atoms with Crippen LogP contribution in [0.5, 0.6) is 0 Å². The molecule has 2 atom stereocenters. The maximum absolute atomic E-state index is 11.8. The number of hydrogen-bond donors (Lipinski definition) is 1. The molecule has 4 heteroatoms. The van der Waals surface area contributed by atoms with Gasteiger partial charge in [-0.15, -0.1) is 0 Å². The molecule has 2 unspecified atom stereocenters. The molecule has 0 bridgehead atoms. The second-order valence-electron chi connectivity index (χ2n) is 4.46. The number of esters is 1. The highest BCUT2D eigenvalue weighted by molar-refractivity contribution is 5.73. The zero-order valence-electron chi connectivity index (χ0n) is 10.1. The predicted molar refractivity (Wildman–Crippen MR) is 64.3 cm³/mol. The Bertz CT molecular complexity index is 336. The van der Waals surface area contributed by atoms with Crippen LogP contribution in [0.25, 0.3) is 0 Å². The molecule has 0 saturated carbocycles. The summed E-state index contributed by atoms with van der Waals surface area (Å²) >= 11 is 0. The summed E-state index contributed by atoms with van der Waals surface area (Å²) in [5.41, 5.74) is 1.26. The van der Waals surface area contributed by atoms with Crippen molar-refractivity contribution in [2.45, 2.75) is 12.8 Å².